The zero-order chi connectivity index (χ0) is 15.9. The Kier molecular flexibility index (Phi) is 6.03. The minimum atomic E-state index is -0.191. The zero-order valence-corrected chi connectivity index (χ0v) is 13.4. The molecule has 6 nitrogen and oxygen atoms in total. The van der Waals surface area contributed by atoms with Crippen LogP contribution in [0.5, 0.6) is 0 Å². The summed E-state index contributed by atoms with van der Waals surface area (Å²) in [4.78, 5) is 25.4. The van der Waals surface area contributed by atoms with Crippen LogP contribution in [0.2, 0.25) is 5.02 Å². The number of amides is 3. The predicted molar refractivity (Wildman–Crippen MR) is 87.7 cm³/mol. The van der Waals surface area contributed by atoms with Crippen LogP contribution in [0.3, 0.4) is 0 Å². The van der Waals surface area contributed by atoms with Crippen LogP contribution in [0.15, 0.2) is 18.2 Å². The van der Waals surface area contributed by atoms with Gasteiger partial charge >= 0.3 is 6.03 Å². The molecule has 22 heavy (non-hydrogen) atoms. The summed E-state index contributed by atoms with van der Waals surface area (Å²) in [5, 5.41) is 9.23. The standard InChI is InChI=1S/C15H21ClN4O2/c1-2-5-17-6-7-18-14(21)11-3-4-12(16)13(10-11)20-9-8-19-15(20)22/h3-4,10,17H,2,5-9H2,1H3,(H,18,21)(H,19,22). The molecule has 1 heterocycles. The Morgan fingerprint density at radius 2 is 2.18 bits per heavy atom. The van der Waals surface area contributed by atoms with E-state index in [1.807, 2.05) is 0 Å². The van der Waals surface area contributed by atoms with E-state index in [2.05, 4.69) is 22.9 Å². The van der Waals surface area contributed by atoms with Crippen molar-refractivity contribution in [2.24, 2.45) is 0 Å². The Labute approximate surface area is 135 Å². The molecule has 1 aromatic rings. The largest absolute Gasteiger partial charge is 0.351 e. The van der Waals surface area contributed by atoms with Gasteiger partial charge in [-0.25, -0.2) is 4.79 Å². The van der Waals surface area contributed by atoms with E-state index < -0.39 is 0 Å². The van der Waals surface area contributed by atoms with Gasteiger partial charge in [0, 0.05) is 31.7 Å². The van der Waals surface area contributed by atoms with Crippen molar-refractivity contribution in [2.45, 2.75) is 13.3 Å². The molecule has 0 aliphatic carbocycles. The topological polar surface area (TPSA) is 73.5 Å². The van der Waals surface area contributed by atoms with Crippen LogP contribution in [0.1, 0.15) is 23.7 Å². The van der Waals surface area contributed by atoms with Gasteiger partial charge in [-0.15, -0.1) is 0 Å². The molecule has 3 N–H and O–H groups in total. The van der Waals surface area contributed by atoms with Gasteiger partial charge in [-0.05, 0) is 31.2 Å². The van der Waals surface area contributed by atoms with Crippen LogP contribution in [0, 0.1) is 0 Å². The Hall–Kier alpha value is -1.79. The highest BCUT2D eigenvalue weighted by molar-refractivity contribution is 6.34. The van der Waals surface area contributed by atoms with Gasteiger partial charge in [0.05, 0.1) is 10.7 Å². The van der Waals surface area contributed by atoms with Crippen molar-refractivity contribution in [2.75, 3.05) is 37.6 Å². The molecule has 2 rings (SSSR count). The van der Waals surface area contributed by atoms with Crippen LogP contribution >= 0.6 is 11.6 Å². The lowest BCUT2D eigenvalue weighted by Crippen LogP contribution is -2.32. The molecule has 0 atom stereocenters. The van der Waals surface area contributed by atoms with Crippen molar-refractivity contribution in [3.8, 4) is 0 Å². The summed E-state index contributed by atoms with van der Waals surface area (Å²) in [6, 6.07) is 4.77. The normalized spacial score (nSPS) is 14.1. The predicted octanol–water partition coefficient (Wildman–Crippen LogP) is 1.60. The summed E-state index contributed by atoms with van der Waals surface area (Å²) in [7, 11) is 0. The quantitative estimate of drug-likeness (QED) is 0.667. The van der Waals surface area contributed by atoms with Crippen LogP contribution in [-0.2, 0) is 0 Å². The van der Waals surface area contributed by atoms with E-state index in [1.54, 1.807) is 23.1 Å². The Bertz CT molecular complexity index is 550. The van der Waals surface area contributed by atoms with Crippen LogP contribution in [0.4, 0.5) is 10.5 Å². The fourth-order valence-corrected chi connectivity index (χ4v) is 2.45. The average Bonchev–Trinajstić information content (AvgIpc) is 2.93. The molecule has 1 fully saturated rings. The second kappa shape index (κ2) is 8.00. The number of hydrogen-bond donors (Lipinski definition) is 3. The summed E-state index contributed by atoms with van der Waals surface area (Å²) >= 11 is 6.14. The van der Waals surface area contributed by atoms with Crippen molar-refractivity contribution in [3.63, 3.8) is 0 Å². The number of nitrogens with zero attached hydrogens (tertiary/aromatic N) is 1. The van der Waals surface area contributed by atoms with Crippen molar-refractivity contribution in [1.29, 1.82) is 0 Å². The van der Waals surface area contributed by atoms with E-state index in [4.69, 9.17) is 11.6 Å². The minimum Gasteiger partial charge on any atom is -0.351 e. The number of nitrogens with one attached hydrogen (secondary N) is 3. The molecule has 1 aromatic carbocycles. The van der Waals surface area contributed by atoms with E-state index in [9.17, 15) is 9.59 Å². The van der Waals surface area contributed by atoms with Gasteiger partial charge in [-0.1, -0.05) is 18.5 Å². The van der Waals surface area contributed by atoms with Crippen LogP contribution < -0.4 is 20.9 Å². The summed E-state index contributed by atoms with van der Waals surface area (Å²) in [6.07, 6.45) is 1.06. The highest BCUT2D eigenvalue weighted by Gasteiger charge is 2.24. The third-order valence-electron chi connectivity index (χ3n) is 3.37. The number of benzene rings is 1. The number of carbonyl (C=O) groups excluding carboxylic acids is 2. The van der Waals surface area contributed by atoms with Crippen LogP contribution in [-0.4, -0.2) is 44.7 Å². The lowest BCUT2D eigenvalue weighted by Gasteiger charge is -2.17. The molecule has 0 spiro atoms. The van der Waals surface area contributed by atoms with Gasteiger partial charge in [0.15, 0.2) is 0 Å². The molecule has 7 heteroatoms. The highest BCUT2D eigenvalue weighted by Crippen LogP contribution is 2.28. The van der Waals surface area contributed by atoms with E-state index >= 15 is 0 Å². The van der Waals surface area contributed by atoms with Gasteiger partial charge in [-0.2, -0.15) is 0 Å². The number of hydrogen-bond acceptors (Lipinski definition) is 3. The molecule has 0 saturated carbocycles. The maximum atomic E-state index is 12.1. The van der Waals surface area contributed by atoms with E-state index in [1.165, 1.54) is 0 Å². The molecular weight excluding hydrogens is 304 g/mol. The molecule has 0 bridgehead atoms. The molecule has 1 aliphatic heterocycles. The molecule has 3 amide bonds. The molecule has 1 saturated heterocycles. The molecule has 120 valence electrons. The summed E-state index contributed by atoms with van der Waals surface area (Å²) in [6.45, 7) is 5.44. The van der Waals surface area contributed by atoms with Gasteiger partial charge in [0.25, 0.3) is 5.91 Å². The fraction of sp³-hybridized carbons (Fsp3) is 0.467. The van der Waals surface area contributed by atoms with E-state index in [0.717, 1.165) is 19.5 Å². The maximum Gasteiger partial charge on any atom is 0.322 e. The fourth-order valence-electron chi connectivity index (χ4n) is 2.23. The van der Waals surface area contributed by atoms with Gasteiger partial charge < -0.3 is 16.0 Å². The SMILES string of the molecule is CCCNCCNC(=O)c1ccc(Cl)c(N2CCNC2=O)c1. The Morgan fingerprint density at radius 1 is 1.36 bits per heavy atom. The molecule has 0 radical (unpaired) electrons. The number of rotatable bonds is 7. The second-order valence-corrected chi connectivity index (χ2v) is 5.46. The number of urea groups is 1. The Morgan fingerprint density at radius 3 is 2.86 bits per heavy atom. The van der Waals surface area contributed by atoms with Crippen molar-refractivity contribution in [3.05, 3.63) is 28.8 Å². The van der Waals surface area contributed by atoms with E-state index in [-0.39, 0.29) is 11.9 Å². The third kappa shape index (κ3) is 4.11. The van der Waals surface area contributed by atoms with Crippen molar-refractivity contribution >= 4 is 29.2 Å². The second-order valence-electron chi connectivity index (χ2n) is 5.06. The molecule has 0 aromatic heterocycles. The lowest BCUT2D eigenvalue weighted by atomic mass is 10.1. The Balaban J connectivity index is 1.99. The molecule has 0 unspecified atom stereocenters. The van der Waals surface area contributed by atoms with Gasteiger partial charge in [-0.3, -0.25) is 9.69 Å². The number of carbonyl (C=O) groups is 2. The first-order valence-corrected chi connectivity index (χ1v) is 7.85. The summed E-state index contributed by atoms with van der Waals surface area (Å²) in [5.74, 6) is -0.171. The van der Waals surface area contributed by atoms with Crippen molar-refractivity contribution < 1.29 is 9.59 Å². The summed E-state index contributed by atoms with van der Waals surface area (Å²) < 4.78 is 0. The van der Waals surface area contributed by atoms with Gasteiger partial charge in [0.2, 0.25) is 0 Å². The molecular formula is C15H21ClN4O2. The smallest absolute Gasteiger partial charge is 0.322 e. The van der Waals surface area contributed by atoms with Crippen LogP contribution in [0.25, 0.3) is 0 Å². The summed E-state index contributed by atoms with van der Waals surface area (Å²) in [5.41, 5.74) is 1.06. The number of halogens is 1. The molecule has 1 aliphatic rings. The zero-order valence-electron chi connectivity index (χ0n) is 12.6. The third-order valence-corrected chi connectivity index (χ3v) is 3.69. The first-order valence-electron chi connectivity index (χ1n) is 7.47. The first kappa shape index (κ1) is 16.6. The highest BCUT2D eigenvalue weighted by atomic mass is 35.5. The minimum absolute atomic E-state index is 0.171. The van der Waals surface area contributed by atoms with Gasteiger partial charge in [0.1, 0.15) is 0 Å². The number of anilines is 1. The maximum absolute atomic E-state index is 12.1. The first-order chi connectivity index (χ1) is 10.6. The van der Waals surface area contributed by atoms with E-state index in [0.29, 0.717) is 35.9 Å². The lowest BCUT2D eigenvalue weighted by molar-refractivity contribution is 0.0954. The monoisotopic (exact) mass is 324 g/mol. The van der Waals surface area contributed by atoms with Crippen molar-refractivity contribution in [1.82, 2.24) is 16.0 Å². The average molecular weight is 325 g/mol.